The van der Waals surface area contributed by atoms with E-state index in [1.807, 2.05) is 31.2 Å². The second-order valence-electron chi connectivity index (χ2n) is 7.31. The molecular weight excluding hydrogens is 397 g/mol. The summed E-state index contributed by atoms with van der Waals surface area (Å²) < 4.78 is 41.5. The van der Waals surface area contributed by atoms with Crippen LogP contribution < -0.4 is 10.1 Å². The minimum atomic E-state index is -4.80. The first kappa shape index (κ1) is 21.7. The molecule has 160 valence electrons. The van der Waals surface area contributed by atoms with E-state index in [4.69, 9.17) is 0 Å². The highest BCUT2D eigenvalue weighted by Gasteiger charge is 2.32. The van der Waals surface area contributed by atoms with Gasteiger partial charge in [-0.15, -0.1) is 13.2 Å². The van der Waals surface area contributed by atoms with Gasteiger partial charge in [0.25, 0.3) is 0 Å². The maximum atomic E-state index is 12.6. The van der Waals surface area contributed by atoms with E-state index in [0.29, 0.717) is 31.5 Å². The number of ether oxygens (including phenoxy) is 1. The number of alkyl halides is 3. The number of nitrogens with one attached hydrogen (secondary N) is 1. The fraction of sp³-hybridized carbons (Fsp3) is 0.364. The van der Waals surface area contributed by atoms with E-state index in [1.54, 1.807) is 11.0 Å². The third kappa shape index (κ3) is 5.75. The molecule has 1 aliphatic heterocycles. The van der Waals surface area contributed by atoms with Crippen LogP contribution in [0.5, 0.6) is 5.75 Å². The average molecular weight is 420 g/mol. The van der Waals surface area contributed by atoms with Crippen molar-refractivity contribution in [2.24, 2.45) is 5.92 Å². The van der Waals surface area contributed by atoms with Gasteiger partial charge in [-0.05, 0) is 25.8 Å². The average Bonchev–Trinajstić information content (AvgIpc) is 2.72. The van der Waals surface area contributed by atoms with Gasteiger partial charge in [-0.2, -0.15) is 0 Å². The highest BCUT2D eigenvalue weighted by Crippen LogP contribution is 2.26. The van der Waals surface area contributed by atoms with Gasteiger partial charge in [0.05, 0.1) is 0 Å². The van der Waals surface area contributed by atoms with Gasteiger partial charge in [-0.25, -0.2) is 4.79 Å². The Kier molecular flexibility index (Phi) is 6.64. The van der Waals surface area contributed by atoms with Gasteiger partial charge in [0.2, 0.25) is 0 Å². The number of carbonyl (C=O) groups is 2. The molecule has 0 unspecified atom stereocenters. The number of carbonyl (C=O) groups excluding carboxylic acids is 2. The first-order valence-corrected chi connectivity index (χ1v) is 9.70. The molecule has 1 aliphatic rings. The number of benzene rings is 2. The van der Waals surface area contributed by atoms with Gasteiger partial charge in [0.15, 0.2) is 5.78 Å². The second-order valence-corrected chi connectivity index (χ2v) is 7.31. The summed E-state index contributed by atoms with van der Waals surface area (Å²) >= 11 is 0. The molecule has 1 heterocycles. The number of halogens is 3. The van der Waals surface area contributed by atoms with Crippen molar-refractivity contribution in [1.29, 1.82) is 0 Å². The standard InChI is InChI=1S/C22H23F3N2O3/c1-15-6-8-16(9-7-15)20(28)17-10-12-27(13-11-17)21(29)26-14-18-4-2-3-5-19(18)30-22(23,24)25/h2-9,17H,10-14H2,1H3,(H,26,29). The SMILES string of the molecule is Cc1ccc(C(=O)C2CCN(C(=O)NCc3ccccc3OC(F)(F)F)CC2)cc1. The zero-order valence-corrected chi connectivity index (χ0v) is 16.5. The molecule has 1 fully saturated rings. The number of rotatable bonds is 5. The molecule has 8 heteroatoms. The smallest absolute Gasteiger partial charge is 0.405 e. The van der Waals surface area contributed by atoms with Crippen LogP contribution in [0.15, 0.2) is 48.5 Å². The predicted molar refractivity (Wildman–Crippen MR) is 105 cm³/mol. The summed E-state index contributed by atoms with van der Waals surface area (Å²) in [4.78, 5) is 26.6. The molecule has 30 heavy (non-hydrogen) atoms. The Morgan fingerprint density at radius 3 is 2.33 bits per heavy atom. The number of likely N-dealkylation sites (tertiary alicyclic amines) is 1. The third-order valence-electron chi connectivity index (χ3n) is 5.12. The van der Waals surface area contributed by atoms with Crippen molar-refractivity contribution in [1.82, 2.24) is 10.2 Å². The normalized spacial score (nSPS) is 15.0. The monoisotopic (exact) mass is 420 g/mol. The molecule has 1 N–H and O–H groups in total. The largest absolute Gasteiger partial charge is 0.573 e. The minimum Gasteiger partial charge on any atom is -0.405 e. The van der Waals surface area contributed by atoms with Crippen LogP contribution >= 0.6 is 0 Å². The lowest BCUT2D eigenvalue weighted by molar-refractivity contribution is -0.274. The quantitative estimate of drug-likeness (QED) is 0.714. The fourth-order valence-corrected chi connectivity index (χ4v) is 3.46. The molecule has 1 saturated heterocycles. The first-order chi connectivity index (χ1) is 14.2. The molecule has 2 aromatic rings. The number of hydrogen-bond acceptors (Lipinski definition) is 3. The van der Waals surface area contributed by atoms with Crippen molar-refractivity contribution in [3.05, 3.63) is 65.2 Å². The number of aryl methyl sites for hydroxylation is 1. The number of hydrogen-bond donors (Lipinski definition) is 1. The van der Waals surface area contributed by atoms with E-state index < -0.39 is 6.36 Å². The number of amides is 2. The van der Waals surface area contributed by atoms with Gasteiger partial charge in [0.1, 0.15) is 5.75 Å². The molecular formula is C22H23F3N2O3. The zero-order valence-electron chi connectivity index (χ0n) is 16.5. The first-order valence-electron chi connectivity index (χ1n) is 9.70. The molecule has 0 radical (unpaired) electrons. The summed E-state index contributed by atoms with van der Waals surface area (Å²) in [7, 11) is 0. The topological polar surface area (TPSA) is 58.6 Å². The molecule has 0 spiro atoms. The van der Waals surface area contributed by atoms with E-state index in [0.717, 1.165) is 5.56 Å². The maximum Gasteiger partial charge on any atom is 0.573 e. The van der Waals surface area contributed by atoms with Crippen LogP contribution in [0.1, 0.15) is 34.3 Å². The number of ketones is 1. The van der Waals surface area contributed by atoms with Crippen LogP contribution in [0, 0.1) is 12.8 Å². The zero-order chi connectivity index (χ0) is 21.7. The lowest BCUT2D eigenvalue weighted by atomic mass is 9.89. The van der Waals surface area contributed by atoms with E-state index in [1.165, 1.54) is 18.2 Å². The minimum absolute atomic E-state index is 0.0771. The maximum absolute atomic E-state index is 12.6. The van der Waals surface area contributed by atoms with Gasteiger partial charge in [-0.3, -0.25) is 4.79 Å². The van der Waals surface area contributed by atoms with Crippen LogP contribution in [0.25, 0.3) is 0 Å². The Balaban J connectivity index is 1.51. The highest BCUT2D eigenvalue weighted by atomic mass is 19.4. The number of para-hydroxylation sites is 1. The van der Waals surface area contributed by atoms with Crippen molar-refractivity contribution in [2.75, 3.05) is 13.1 Å². The number of Topliss-reactive ketones (excluding diaryl/α,β-unsaturated/α-hetero) is 1. The Labute approximate surface area is 172 Å². The predicted octanol–water partition coefficient (Wildman–Crippen LogP) is 4.70. The van der Waals surface area contributed by atoms with Gasteiger partial charge in [-0.1, -0.05) is 48.0 Å². The van der Waals surface area contributed by atoms with Crippen LogP contribution in [0.4, 0.5) is 18.0 Å². The molecule has 2 amide bonds. The summed E-state index contributed by atoms with van der Waals surface area (Å²) in [5, 5.41) is 2.63. The molecule has 0 saturated carbocycles. The molecule has 0 atom stereocenters. The van der Waals surface area contributed by atoms with Gasteiger partial charge in [0, 0.05) is 36.7 Å². The summed E-state index contributed by atoms with van der Waals surface area (Å²) in [5.41, 5.74) is 1.98. The molecule has 2 aromatic carbocycles. The number of urea groups is 1. The lowest BCUT2D eigenvalue weighted by Gasteiger charge is -2.31. The fourth-order valence-electron chi connectivity index (χ4n) is 3.46. The number of piperidine rings is 1. The van der Waals surface area contributed by atoms with E-state index in [9.17, 15) is 22.8 Å². The van der Waals surface area contributed by atoms with Crippen LogP contribution in [-0.4, -0.2) is 36.2 Å². The molecule has 0 aromatic heterocycles. The van der Waals surface area contributed by atoms with Crippen molar-refractivity contribution in [2.45, 2.75) is 32.7 Å². The summed E-state index contributed by atoms with van der Waals surface area (Å²) in [6, 6.07) is 12.7. The Bertz CT molecular complexity index is 889. The van der Waals surface area contributed by atoms with Gasteiger partial charge < -0.3 is 15.0 Å². The molecule has 3 rings (SSSR count). The Morgan fingerprint density at radius 1 is 1.07 bits per heavy atom. The number of nitrogens with zero attached hydrogens (tertiary/aromatic N) is 1. The van der Waals surface area contributed by atoms with Crippen molar-refractivity contribution >= 4 is 11.8 Å². The third-order valence-corrected chi connectivity index (χ3v) is 5.12. The van der Waals surface area contributed by atoms with Gasteiger partial charge >= 0.3 is 12.4 Å². The molecule has 0 aliphatic carbocycles. The molecule has 5 nitrogen and oxygen atoms in total. The molecule has 0 bridgehead atoms. The lowest BCUT2D eigenvalue weighted by Crippen LogP contribution is -2.45. The summed E-state index contributed by atoms with van der Waals surface area (Å²) in [6.07, 6.45) is -3.70. The van der Waals surface area contributed by atoms with Crippen LogP contribution in [0.3, 0.4) is 0 Å². The second kappa shape index (κ2) is 9.19. The van der Waals surface area contributed by atoms with Crippen molar-refractivity contribution in [3.63, 3.8) is 0 Å². The van der Waals surface area contributed by atoms with E-state index in [-0.39, 0.29) is 35.6 Å². The Hall–Kier alpha value is -3.03. The Morgan fingerprint density at radius 2 is 1.70 bits per heavy atom. The van der Waals surface area contributed by atoms with Crippen LogP contribution in [0.2, 0.25) is 0 Å². The highest BCUT2D eigenvalue weighted by molar-refractivity contribution is 5.98. The summed E-state index contributed by atoms with van der Waals surface area (Å²) in [5.74, 6) is -0.404. The van der Waals surface area contributed by atoms with Crippen LogP contribution in [-0.2, 0) is 6.54 Å². The van der Waals surface area contributed by atoms with Crippen molar-refractivity contribution in [3.8, 4) is 5.75 Å². The van der Waals surface area contributed by atoms with Crippen molar-refractivity contribution < 1.29 is 27.5 Å². The summed E-state index contributed by atoms with van der Waals surface area (Å²) in [6.45, 7) is 2.69. The van der Waals surface area contributed by atoms with E-state index >= 15 is 0 Å². The van der Waals surface area contributed by atoms with E-state index in [2.05, 4.69) is 10.1 Å².